The lowest BCUT2D eigenvalue weighted by Gasteiger charge is -2.12. The van der Waals surface area contributed by atoms with Crippen molar-refractivity contribution in [1.82, 2.24) is 10.6 Å². The van der Waals surface area contributed by atoms with Crippen LogP contribution in [0.15, 0.2) is 27.7 Å². The van der Waals surface area contributed by atoms with Gasteiger partial charge in [-0.25, -0.2) is 0 Å². The summed E-state index contributed by atoms with van der Waals surface area (Å²) in [5.74, 6) is 0.0726. The van der Waals surface area contributed by atoms with E-state index in [1.807, 2.05) is 26.0 Å². The Bertz CT molecular complexity index is 606. The van der Waals surface area contributed by atoms with Gasteiger partial charge in [0.2, 0.25) is 5.91 Å². The maximum absolute atomic E-state index is 12.1. The monoisotopic (exact) mass is 422 g/mol. The fourth-order valence-electron chi connectivity index (χ4n) is 1.91. The van der Waals surface area contributed by atoms with Crippen molar-refractivity contribution < 1.29 is 18.0 Å². The van der Waals surface area contributed by atoms with Crippen LogP contribution in [0, 0.1) is 6.92 Å². The Kier molecular flexibility index (Phi) is 8.74. The number of benzene rings is 1. The maximum atomic E-state index is 12.1. The number of amides is 1. The van der Waals surface area contributed by atoms with Crippen molar-refractivity contribution in [2.24, 2.45) is 4.99 Å². The van der Waals surface area contributed by atoms with Crippen LogP contribution in [0.1, 0.15) is 25.3 Å². The molecule has 25 heavy (non-hydrogen) atoms. The number of rotatable bonds is 7. The predicted octanol–water partition coefficient (Wildman–Crippen LogP) is 3.59. The van der Waals surface area contributed by atoms with Gasteiger partial charge in [-0.1, -0.05) is 15.9 Å². The first-order chi connectivity index (χ1) is 11.7. The number of aliphatic imine (C=N–C) groups is 1. The average Bonchev–Trinajstić information content (AvgIpc) is 2.49. The number of halogens is 4. The molecule has 0 bridgehead atoms. The first-order valence-corrected chi connectivity index (χ1v) is 8.65. The average molecular weight is 423 g/mol. The highest BCUT2D eigenvalue weighted by molar-refractivity contribution is 9.10. The molecule has 9 heteroatoms. The van der Waals surface area contributed by atoms with Gasteiger partial charge in [-0.15, -0.1) is 0 Å². The van der Waals surface area contributed by atoms with Gasteiger partial charge >= 0.3 is 6.18 Å². The van der Waals surface area contributed by atoms with E-state index in [1.165, 1.54) is 0 Å². The summed E-state index contributed by atoms with van der Waals surface area (Å²) in [4.78, 5) is 15.8. The summed E-state index contributed by atoms with van der Waals surface area (Å²) in [6.45, 7) is 4.11. The Hall–Kier alpha value is -1.77. The number of hydrogen-bond acceptors (Lipinski definition) is 2. The Balaban J connectivity index is 2.43. The van der Waals surface area contributed by atoms with Crippen molar-refractivity contribution in [2.45, 2.75) is 32.9 Å². The molecule has 0 heterocycles. The molecule has 1 aromatic carbocycles. The summed E-state index contributed by atoms with van der Waals surface area (Å²) in [6, 6.07) is 5.52. The number of hydrogen-bond donors (Lipinski definition) is 3. The van der Waals surface area contributed by atoms with E-state index in [-0.39, 0.29) is 31.4 Å². The second kappa shape index (κ2) is 10.3. The minimum Gasteiger partial charge on any atom is -0.357 e. The fourth-order valence-corrected chi connectivity index (χ4v) is 2.39. The van der Waals surface area contributed by atoms with Gasteiger partial charge in [0, 0.05) is 29.7 Å². The van der Waals surface area contributed by atoms with Crippen molar-refractivity contribution in [3.8, 4) is 0 Å². The number of nitrogens with zero attached hydrogens (tertiary/aromatic N) is 1. The molecule has 0 radical (unpaired) electrons. The third-order valence-corrected chi connectivity index (χ3v) is 3.61. The van der Waals surface area contributed by atoms with Crippen molar-refractivity contribution in [2.75, 3.05) is 25.0 Å². The van der Waals surface area contributed by atoms with E-state index in [2.05, 4.69) is 36.9 Å². The van der Waals surface area contributed by atoms with E-state index < -0.39 is 12.6 Å². The van der Waals surface area contributed by atoms with Gasteiger partial charge in [-0.05, 0) is 37.6 Å². The minimum atomic E-state index is -4.23. The summed E-state index contributed by atoms with van der Waals surface area (Å²) in [5, 5.41) is 8.49. The Labute approximate surface area is 153 Å². The fraction of sp³-hybridized carbons (Fsp3) is 0.500. The lowest BCUT2D eigenvalue weighted by atomic mass is 10.2. The number of guanidine groups is 1. The first kappa shape index (κ1) is 21.3. The molecule has 0 aliphatic heterocycles. The number of carbonyl (C=O) groups is 1. The smallest absolute Gasteiger partial charge is 0.357 e. The van der Waals surface area contributed by atoms with Gasteiger partial charge in [0.05, 0.1) is 13.0 Å². The number of nitrogens with one attached hydrogen (secondary N) is 3. The van der Waals surface area contributed by atoms with Gasteiger partial charge in [-0.3, -0.25) is 9.79 Å². The quantitative estimate of drug-likeness (QED) is 0.464. The molecule has 1 rings (SSSR count). The molecule has 0 unspecified atom stereocenters. The van der Waals surface area contributed by atoms with Gasteiger partial charge in [0.1, 0.15) is 0 Å². The molecule has 0 aliphatic carbocycles. The summed E-state index contributed by atoms with van der Waals surface area (Å²) in [6.07, 6.45) is -5.05. The second-order valence-corrected chi connectivity index (χ2v) is 6.23. The van der Waals surface area contributed by atoms with Crippen molar-refractivity contribution in [3.05, 3.63) is 28.2 Å². The minimum absolute atomic E-state index is 0.166. The largest absolute Gasteiger partial charge is 0.390 e. The highest BCUT2D eigenvalue weighted by Crippen LogP contribution is 2.20. The van der Waals surface area contributed by atoms with Crippen LogP contribution in [0.4, 0.5) is 18.9 Å². The zero-order chi connectivity index (χ0) is 18.9. The normalized spacial score (nSPS) is 12.0. The predicted molar refractivity (Wildman–Crippen MR) is 96.8 cm³/mol. The number of anilines is 1. The summed E-state index contributed by atoms with van der Waals surface area (Å²) < 4.78 is 37.4. The van der Waals surface area contributed by atoms with Crippen molar-refractivity contribution in [3.63, 3.8) is 0 Å². The van der Waals surface area contributed by atoms with Crippen LogP contribution < -0.4 is 16.0 Å². The molecule has 5 nitrogen and oxygen atoms in total. The molecule has 3 N–H and O–H groups in total. The third-order valence-electron chi connectivity index (χ3n) is 3.12. The Morgan fingerprint density at radius 3 is 2.60 bits per heavy atom. The van der Waals surface area contributed by atoms with Crippen molar-refractivity contribution >= 4 is 33.5 Å². The summed E-state index contributed by atoms with van der Waals surface area (Å²) in [5.41, 5.74) is 1.65. The van der Waals surface area contributed by atoms with E-state index in [1.54, 1.807) is 6.07 Å². The van der Waals surface area contributed by atoms with Crippen LogP contribution in [-0.4, -0.2) is 37.7 Å². The van der Waals surface area contributed by atoms with Crippen LogP contribution in [0.5, 0.6) is 0 Å². The molecule has 140 valence electrons. The molecule has 0 spiro atoms. The molecule has 0 saturated heterocycles. The van der Waals surface area contributed by atoms with E-state index >= 15 is 0 Å². The highest BCUT2D eigenvalue weighted by Gasteiger charge is 2.26. The molecule has 0 saturated carbocycles. The van der Waals surface area contributed by atoms with Crippen LogP contribution in [0.25, 0.3) is 0 Å². The molecule has 0 aliphatic rings. The Morgan fingerprint density at radius 2 is 2.00 bits per heavy atom. The Morgan fingerprint density at radius 1 is 1.28 bits per heavy atom. The van der Waals surface area contributed by atoms with E-state index in [0.29, 0.717) is 6.54 Å². The maximum Gasteiger partial charge on any atom is 0.390 e. The topological polar surface area (TPSA) is 65.5 Å². The summed E-state index contributed by atoms with van der Waals surface area (Å²) >= 11 is 3.35. The molecule has 1 aromatic rings. The zero-order valence-electron chi connectivity index (χ0n) is 14.1. The van der Waals surface area contributed by atoms with E-state index in [4.69, 9.17) is 0 Å². The standard InChI is InChI=1S/C16H22BrF3N4O/c1-3-21-15(23-9-7-16(18,19)20)22-8-6-14(25)24-13-5-4-12(17)10-11(13)2/h4-5,10H,3,6-9H2,1-2H3,(H,24,25)(H2,21,22,23). The first-order valence-electron chi connectivity index (χ1n) is 7.86. The summed E-state index contributed by atoms with van der Waals surface area (Å²) in [7, 11) is 0. The molecular weight excluding hydrogens is 401 g/mol. The zero-order valence-corrected chi connectivity index (χ0v) is 15.7. The van der Waals surface area contributed by atoms with Gasteiger partial charge in [0.15, 0.2) is 5.96 Å². The number of alkyl halides is 3. The molecule has 1 amide bonds. The molecule has 0 fully saturated rings. The van der Waals surface area contributed by atoms with Crippen molar-refractivity contribution in [1.29, 1.82) is 0 Å². The van der Waals surface area contributed by atoms with E-state index in [0.717, 1.165) is 15.7 Å². The molecule has 0 aromatic heterocycles. The molecule has 0 atom stereocenters. The lowest BCUT2D eigenvalue weighted by Crippen LogP contribution is -2.39. The van der Waals surface area contributed by atoms with Gasteiger partial charge in [0.25, 0.3) is 0 Å². The SMILES string of the molecule is CCNC(=NCCC(F)(F)F)NCCC(=O)Nc1ccc(Br)cc1C. The highest BCUT2D eigenvalue weighted by atomic mass is 79.9. The van der Waals surface area contributed by atoms with Gasteiger partial charge in [-0.2, -0.15) is 13.2 Å². The van der Waals surface area contributed by atoms with Crippen LogP contribution in [0.3, 0.4) is 0 Å². The lowest BCUT2D eigenvalue weighted by molar-refractivity contribution is -0.132. The molecular formula is C16H22BrF3N4O. The number of carbonyl (C=O) groups excluding carboxylic acids is 1. The number of aryl methyl sites for hydroxylation is 1. The van der Waals surface area contributed by atoms with Crippen LogP contribution in [-0.2, 0) is 4.79 Å². The third kappa shape index (κ3) is 9.33. The van der Waals surface area contributed by atoms with E-state index in [9.17, 15) is 18.0 Å². The van der Waals surface area contributed by atoms with Crippen LogP contribution in [0.2, 0.25) is 0 Å². The van der Waals surface area contributed by atoms with Crippen LogP contribution >= 0.6 is 15.9 Å². The van der Waals surface area contributed by atoms with Gasteiger partial charge < -0.3 is 16.0 Å². The second-order valence-electron chi connectivity index (χ2n) is 5.31.